The minimum atomic E-state index is -0.820. The lowest BCUT2D eigenvalue weighted by molar-refractivity contribution is 0.145. The van der Waals surface area contributed by atoms with E-state index in [-0.39, 0.29) is 18.5 Å². The minimum Gasteiger partial charge on any atom is -0.443 e. The van der Waals surface area contributed by atoms with Gasteiger partial charge in [0.25, 0.3) is 0 Å². The number of carbonyl (C=O) groups excluding carboxylic acids is 1. The van der Waals surface area contributed by atoms with E-state index in [0.717, 1.165) is 6.42 Å². The van der Waals surface area contributed by atoms with Crippen molar-refractivity contribution in [3.05, 3.63) is 24.0 Å². The molecular weight excluding hydrogens is 321 g/mol. The van der Waals surface area contributed by atoms with Gasteiger partial charge in [0, 0.05) is 41.9 Å². The zero-order valence-electron chi connectivity index (χ0n) is 12.7. The Hall–Kier alpha value is -1.67. The van der Waals surface area contributed by atoms with Gasteiger partial charge in [0.2, 0.25) is 0 Å². The maximum atomic E-state index is 14.5. The molecule has 2 fully saturated rings. The molecule has 0 aliphatic carbocycles. The third-order valence-corrected chi connectivity index (χ3v) is 5.49. The van der Waals surface area contributed by atoms with Crippen molar-refractivity contribution in [2.45, 2.75) is 12.5 Å². The van der Waals surface area contributed by atoms with Crippen LogP contribution in [0.3, 0.4) is 0 Å². The highest BCUT2D eigenvalue weighted by molar-refractivity contribution is 7.85. The summed E-state index contributed by atoms with van der Waals surface area (Å²) in [4.78, 5) is 15.1. The van der Waals surface area contributed by atoms with E-state index in [2.05, 4.69) is 0 Å². The quantitative estimate of drug-likeness (QED) is 0.890. The number of halogens is 1. The van der Waals surface area contributed by atoms with Crippen molar-refractivity contribution in [1.82, 2.24) is 0 Å². The molecule has 23 heavy (non-hydrogen) atoms. The molecule has 0 saturated carbocycles. The molecule has 1 aromatic carbocycles. The average Bonchev–Trinajstić information content (AvgIpc) is 2.78. The highest BCUT2D eigenvalue weighted by Gasteiger charge is 2.32. The molecule has 0 radical (unpaired) electrons. The number of nitrogens with two attached hydrogens (primary N) is 1. The van der Waals surface area contributed by atoms with Crippen LogP contribution in [0.15, 0.2) is 18.2 Å². The Balaban J connectivity index is 1.78. The molecule has 1 aromatic rings. The molecule has 8 heteroatoms. The Morgan fingerprint density at radius 2 is 2.17 bits per heavy atom. The second kappa shape index (κ2) is 6.84. The van der Waals surface area contributed by atoms with Crippen LogP contribution in [0.2, 0.25) is 0 Å². The van der Waals surface area contributed by atoms with Crippen molar-refractivity contribution >= 4 is 28.3 Å². The number of ether oxygens (including phenoxy) is 1. The molecule has 2 aliphatic heterocycles. The van der Waals surface area contributed by atoms with Gasteiger partial charge in [-0.1, -0.05) is 0 Å². The number of benzene rings is 1. The van der Waals surface area contributed by atoms with E-state index in [1.165, 1.54) is 11.0 Å². The van der Waals surface area contributed by atoms with Crippen LogP contribution in [0, 0.1) is 5.82 Å². The van der Waals surface area contributed by atoms with Gasteiger partial charge in [-0.05, 0) is 24.6 Å². The molecule has 0 bridgehead atoms. The van der Waals surface area contributed by atoms with Crippen molar-refractivity contribution < 1.29 is 18.1 Å². The largest absolute Gasteiger partial charge is 0.443 e. The smallest absolute Gasteiger partial charge is 0.414 e. The van der Waals surface area contributed by atoms with E-state index in [0.29, 0.717) is 42.5 Å². The lowest BCUT2D eigenvalue weighted by atomic mass is 10.2. The first-order chi connectivity index (χ1) is 11.1. The number of carbonyl (C=O) groups is 1. The molecule has 2 saturated heterocycles. The summed E-state index contributed by atoms with van der Waals surface area (Å²) in [6, 6.07) is 4.72. The first-order valence-corrected chi connectivity index (χ1v) is 9.15. The number of hydrogen-bond donors (Lipinski definition) is 1. The zero-order valence-corrected chi connectivity index (χ0v) is 13.6. The second-order valence-corrected chi connectivity index (χ2v) is 7.37. The summed E-state index contributed by atoms with van der Waals surface area (Å²) in [5.41, 5.74) is 6.45. The lowest BCUT2D eigenvalue weighted by Gasteiger charge is -2.23. The molecule has 2 N–H and O–H groups in total. The molecule has 0 aromatic heterocycles. The molecule has 2 atom stereocenters. The van der Waals surface area contributed by atoms with Crippen LogP contribution in [-0.4, -0.2) is 54.1 Å². The Kier molecular flexibility index (Phi) is 4.82. The van der Waals surface area contributed by atoms with Gasteiger partial charge in [-0.15, -0.1) is 0 Å². The highest BCUT2D eigenvalue weighted by atomic mass is 32.2. The van der Waals surface area contributed by atoms with Gasteiger partial charge in [-0.2, -0.15) is 0 Å². The van der Waals surface area contributed by atoms with Gasteiger partial charge in [0.1, 0.15) is 11.9 Å². The molecule has 0 spiro atoms. The third-order valence-electron chi connectivity index (χ3n) is 4.11. The van der Waals surface area contributed by atoms with Crippen LogP contribution in [0.1, 0.15) is 6.42 Å². The van der Waals surface area contributed by atoms with Gasteiger partial charge in [-0.25, -0.2) is 9.18 Å². The van der Waals surface area contributed by atoms with Crippen molar-refractivity contribution in [3.63, 3.8) is 0 Å². The monoisotopic (exact) mass is 341 g/mol. The van der Waals surface area contributed by atoms with Crippen LogP contribution in [0.5, 0.6) is 0 Å². The fourth-order valence-corrected chi connectivity index (χ4v) is 3.94. The predicted octanol–water partition coefficient (Wildman–Crippen LogP) is 1.07. The molecule has 2 unspecified atom stereocenters. The number of amides is 1. The average molecular weight is 341 g/mol. The normalized spacial score (nSPS) is 25.4. The van der Waals surface area contributed by atoms with Crippen LogP contribution in [-0.2, 0) is 15.5 Å². The third kappa shape index (κ3) is 3.48. The number of nitrogens with zero attached hydrogens (tertiary/aromatic N) is 2. The van der Waals surface area contributed by atoms with Gasteiger partial charge in [0.05, 0.1) is 17.9 Å². The number of cyclic esters (lactones) is 1. The van der Waals surface area contributed by atoms with Crippen molar-refractivity contribution in [2.75, 3.05) is 47.5 Å². The Morgan fingerprint density at radius 1 is 1.35 bits per heavy atom. The number of anilines is 2. The summed E-state index contributed by atoms with van der Waals surface area (Å²) >= 11 is 0. The Labute approximate surface area is 136 Å². The van der Waals surface area contributed by atoms with E-state index in [1.807, 2.05) is 4.90 Å². The molecule has 126 valence electrons. The van der Waals surface area contributed by atoms with Crippen LogP contribution < -0.4 is 15.5 Å². The Morgan fingerprint density at radius 3 is 2.87 bits per heavy atom. The summed E-state index contributed by atoms with van der Waals surface area (Å²) in [7, 11) is -0.820. The fourth-order valence-electron chi connectivity index (χ4n) is 2.86. The molecule has 1 amide bonds. The highest BCUT2D eigenvalue weighted by Crippen LogP contribution is 2.28. The first-order valence-electron chi connectivity index (χ1n) is 7.66. The maximum absolute atomic E-state index is 14.5. The molecule has 2 heterocycles. The van der Waals surface area contributed by atoms with Crippen molar-refractivity contribution in [2.24, 2.45) is 5.73 Å². The fraction of sp³-hybridized carbons (Fsp3) is 0.533. The second-order valence-electron chi connectivity index (χ2n) is 5.68. The minimum absolute atomic E-state index is 0.244. The van der Waals surface area contributed by atoms with Crippen molar-refractivity contribution in [1.29, 1.82) is 0 Å². The summed E-state index contributed by atoms with van der Waals surface area (Å²) in [5, 5.41) is 0. The summed E-state index contributed by atoms with van der Waals surface area (Å²) in [5.74, 6) is 0.827. The zero-order chi connectivity index (χ0) is 16.4. The van der Waals surface area contributed by atoms with E-state index < -0.39 is 16.9 Å². The van der Waals surface area contributed by atoms with E-state index in [9.17, 15) is 13.4 Å². The van der Waals surface area contributed by atoms with Crippen molar-refractivity contribution in [3.8, 4) is 0 Å². The van der Waals surface area contributed by atoms with Gasteiger partial charge < -0.3 is 15.4 Å². The van der Waals surface area contributed by atoms with Crippen LogP contribution in [0.4, 0.5) is 20.6 Å². The summed E-state index contributed by atoms with van der Waals surface area (Å²) in [6.45, 7) is 1.83. The Bertz CT molecular complexity index is 628. The van der Waals surface area contributed by atoms with E-state index in [1.54, 1.807) is 12.1 Å². The summed E-state index contributed by atoms with van der Waals surface area (Å²) in [6.07, 6.45) is -0.0756. The first kappa shape index (κ1) is 16.2. The molecule has 6 nitrogen and oxygen atoms in total. The molecule has 3 rings (SSSR count). The van der Waals surface area contributed by atoms with Gasteiger partial charge in [0.15, 0.2) is 0 Å². The van der Waals surface area contributed by atoms with E-state index in [4.69, 9.17) is 10.5 Å². The topological polar surface area (TPSA) is 75.9 Å². The van der Waals surface area contributed by atoms with Crippen LogP contribution >= 0.6 is 0 Å². The van der Waals surface area contributed by atoms with E-state index >= 15 is 0 Å². The number of rotatable bonds is 3. The van der Waals surface area contributed by atoms with Gasteiger partial charge in [-0.3, -0.25) is 9.11 Å². The SMILES string of the molecule is NCC1CN(c2ccc(N3CCCS(=O)CC3)c(F)c2)C(=O)O1. The molecule has 2 aliphatic rings. The summed E-state index contributed by atoms with van der Waals surface area (Å²) < 4.78 is 31.2. The van der Waals surface area contributed by atoms with Gasteiger partial charge >= 0.3 is 6.09 Å². The standard InChI is InChI=1S/C15H20FN3O3S/c16-13-8-11(19-10-12(9-17)22-15(19)20)2-3-14(13)18-4-1-6-23(21)7-5-18/h2-3,8,12H,1,4-7,9-10,17H2. The maximum Gasteiger partial charge on any atom is 0.414 e. The lowest BCUT2D eigenvalue weighted by Crippen LogP contribution is -2.29. The predicted molar refractivity (Wildman–Crippen MR) is 87.8 cm³/mol. The number of hydrogen-bond acceptors (Lipinski definition) is 5. The molecular formula is C15H20FN3O3S. The van der Waals surface area contributed by atoms with Crippen LogP contribution in [0.25, 0.3) is 0 Å².